The second-order valence-electron chi connectivity index (χ2n) is 4.22. The van der Waals surface area contributed by atoms with Crippen LogP contribution >= 0.6 is 11.6 Å². The zero-order chi connectivity index (χ0) is 11.5. The Labute approximate surface area is 101 Å². The van der Waals surface area contributed by atoms with Gasteiger partial charge >= 0.3 is 0 Å². The molecule has 1 aliphatic rings. The number of nitrogens with zero attached hydrogens (tertiary/aromatic N) is 1. The smallest absolute Gasteiger partial charge is 0.120 e. The molecule has 4 heteroatoms. The number of hydrogen-bond donors (Lipinski definition) is 1. The Hall–Kier alpha value is -0.930. The number of ether oxygens (including phenoxy) is 1. The van der Waals surface area contributed by atoms with Crippen molar-refractivity contribution in [3.05, 3.63) is 23.2 Å². The lowest BCUT2D eigenvalue weighted by atomic mass is 10.0. The minimum atomic E-state index is 0.739. The molecule has 1 aliphatic heterocycles. The van der Waals surface area contributed by atoms with E-state index in [1.807, 2.05) is 18.2 Å². The maximum atomic E-state index is 6.21. The molecule has 88 valence electrons. The third-order valence-electron chi connectivity index (χ3n) is 2.96. The fraction of sp³-hybridized carbons (Fsp3) is 0.500. The lowest BCUT2D eigenvalue weighted by Gasteiger charge is -2.32. The molecule has 0 bridgehead atoms. The minimum Gasteiger partial charge on any atom is -0.497 e. The van der Waals surface area contributed by atoms with Gasteiger partial charge in [0.2, 0.25) is 0 Å². The Bertz CT molecular complexity index is 366. The molecule has 0 aliphatic carbocycles. The van der Waals surface area contributed by atoms with E-state index >= 15 is 0 Å². The number of hydrogen-bond acceptors (Lipinski definition) is 3. The number of rotatable bonds is 4. The third kappa shape index (κ3) is 2.42. The van der Waals surface area contributed by atoms with Gasteiger partial charge in [0.15, 0.2) is 0 Å². The van der Waals surface area contributed by atoms with Gasteiger partial charge in [-0.05, 0) is 12.1 Å². The van der Waals surface area contributed by atoms with E-state index in [-0.39, 0.29) is 0 Å². The molecule has 0 amide bonds. The molecule has 3 nitrogen and oxygen atoms in total. The summed E-state index contributed by atoms with van der Waals surface area (Å²) < 4.78 is 5.13. The van der Waals surface area contributed by atoms with E-state index in [9.17, 15) is 0 Å². The van der Waals surface area contributed by atoms with E-state index in [1.54, 1.807) is 7.11 Å². The van der Waals surface area contributed by atoms with Gasteiger partial charge in [0.05, 0.1) is 17.8 Å². The largest absolute Gasteiger partial charge is 0.497 e. The van der Waals surface area contributed by atoms with Crippen LogP contribution in [0.15, 0.2) is 18.2 Å². The molecule has 1 aromatic rings. The molecule has 0 aromatic heterocycles. The molecule has 0 radical (unpaired) electrons. The van der Waals surface area contributed by atoms with Crippen LogP contribution in [0.2, 0.25) is 5.02 Å². The highest BCUT2D eigenvalue weighted by Gasteiger charge is 2.19. The first kappa shape index (κ1) is 11.6. The van der Waals surface area contributed by atoms with Gasteiger partial charge in [-0.3, -0.25) is 0 Å². The van der Waals surface area contributed by atoms with E-state index in [1.165, 1.54) is 0 Å². The van der Waals surface area contributed by atoms with Crippen LogP contribution in [0.4, 0.5) is 5.69 Å². The van der Waals surface area contributed by atoms with Crippen LogP contribution in [-0.2, 0) is 0 Å². The van der Waals surface area contributed by atoms with Gasteiger partial charge < -0.3 is 15.0 Å². The predicted molar refractivity (Wildman–Crippen MR) is 67.6 cm³/mol. The molecule has 1 heterocycles. The van der Waals surface area contributed by atoms with E-state index < -0.39 is 0 Å². The first-order valence-corrected chi connectivity index (χ1v) is 5.84. The highest BCUT2D eigenvalue weighted by molar-refractivity contribution is 6.33. The highest BCUT2D eigenvalue weighted by atomic mass is 35.5. The summed E-state index contributed by atoms with van der Waals surface area (Å²) in [6.07, 6.45) is 0. The average molecular weight is 241 g/mol. The summed E-state index contributed by atoms with van der Waals surface area (Å²) in [6.45, 7) is 3.26. The van der Waals surface area contributed by atoms with Crippen LogP contribution in [0.25, 0.3) is 0 Å². The van der Waals surface area contributed by atoms with Gasteiger partial charge in [0, 0.05) is 38.7 Å². The van der Waals surface area contributed by atoms with Gasteiger partial charge in [-0.15, -0.1) is 0 Å². The Morgan fingerprint density at radius 3 is 2.75 bits per heavy atom. The summed E-state index contributed by atoms with van der Waals surface area (Å²) >= 11 is 6.21. The predicted octanol–water partition coefficient (Wildman–Crippen LogP) is 2.00. The summed E-state index contributed by atoms with van der Waals surface area (Å²) in [5, 5.41) is 4.02. The molecule has 0 unspecified atom stereocenters. The minimum absolute atomic E-state index is 0.739. The van der Waals surface area contributed by atoms with Crippen LogP contribution in [0.1, 0.15) is 0 Å². The van der Waals surface area contributed by atoms with Crippen molar-refractivity contribution in [1.82, 2.24) is 5.32 Å². The van der Waals surface area contributed by atoms with Crippen LogP contribution in [0, 0.1) is 5.92 Å². The number of methoxy groups -OCH3 is 1. The van der Waals surface area contributed by atoms with Crippen molar-refractivity contribution in [2.24, 2.45) is 5.92 Å². The SMILES string of the molecule is COc1ccc(N(C)CC2CNC2)c(Cl)c1. The molecule has 0 spiro atoms. The van der Waals surface area contributed by atoms with Crippen molar-refractivity contribution >= 4 is 17.3 Å². The summed E-state index contributed by atoms with van der Waals surface area (Å²) in [7, 11) is 3.72. The number of nitrogens with one attached hydrogen (secondary N) is 1. The van der Waals surface area contributed by atoms with Crippen molar-refractivity contribution in [2.75, 3.05) is 38.7 Å². The first-order valence-electron chi connectivity index (χ1n) is 5.46. The standard InChI is InChI=1S/C12H17ClN2O/c1-15(8-9-6-14-7-9)12-4-3-10(16-2)5-11(12)13/h3-5,9,14H,6-8H2,1-2H3. The summed E-state index contributed by atoms with van der Waals surface area (Å²) in [4.78, 5) is 2.20. The Morgan fingerprint density at radius 1 is 1.50 bits per heavy atom. The Morgan fingerprint density at radius 2 is 2.25 bits per heavy atom. The molecule has 0 atom stereocenters. The Balaban J connectivity index is 2.06. The van der Waals surface area contributed by atoms with Gasteiger partial charge in [0.1, 0.15) is 5.75 Å². The third-order valence-corrected chi connectivity index (χ3v) is 3.27. The van der Waals surface area contributed by atoms with E-state index in [0.29, 0.717) is 0 Å². The normalized spacial score (nSPS) is 15.7. The van der Waals surface area contributed by atoms with Crippen molar-refractivity contribution in [3.8, 4) is 5.75 Å². The zero-order valence-electron chi connectivity index (χ0n) is 9.66. The second kappa shape index (κ2) is 4.93. The van der Waals surface area contributed by atoms with Gasteiger partial charge in [-0.2, -0.15) is 0 Å². The van der Waals surface area contributed by atoms with Crippen molar-refractivity contribution in [2.45, 2.75) is 0 Å². The van der Waals surface area contributed by atoms with Crippen LogP contribution in [0.3, 0.4) is 0 Å². The van der Waals surface area contributed by atoms with Crippen molar-refractivity contribution in [1.29, 1.82) is 0 Å². The Kier molecular flexibility index (Phi) is 3.56. The molecule has 16 heavy (non-hydrogen) atoms. The zero-order valence-corrected chi connectivity index (χ0v) is 10.4. The fourth-order valence-electron chi connectivity index (χ4n) is 1.89. The van der Waals surface area contributed by atoms with Crippen molar-refractivity contribution in [3.63, 3.8) is 0 Å². The summed E-state index contributed by atoms with van der Waals surface area (Å²) in [6, 6.07) is 5.80. The first-order chi connectivity index (χ1) is 7.70. The fourth-order valence-corrected chi connectivity index (χ4v) is 2.20. The number of anilines is 1. The van der Waals surface area contributed by atoms with Gasteiger partial charge in [-0.1, -0.05) is 11.6 Å². The van der Waals surface area contributed by atoms with E-state index in [0.717, 1.165) is 42.0 Å². The molecule has 0 saturated carbocycles. The summed E-state index contributed by atoms with van der Waals surface area (Å²) in [5.41, 5.74) is 1.06. The average Bonchev–Trinajstić information content (AvgIpc) is 2.23. The maximum absolute atomic E-state index is 6.21. The molecule has 1 saturated heterocycles. The quantitative estimate of drug-likeness (QED) is 0.872. The van der Waals surface area contributed by atoms with Crippen LogP contribution < -0.4 is 15.0 Å². The van der Waals surface area contributed by atoms with Gasteiger partial charge in [-0.25, -0.2) is 0 Å². The lowest BCUT2D eigenvalue weighted by molar-refractivity contribution is 0.353. The monoisotopic (exact) mass is 240 g/mol. The van der Waals surface area contributed by atoms with Crippen LogP contribution in [0.5, 0.6) is 5.75 Å². The van der Waals surface area contributed by atoms with Crippen LogP contribution in [-0.4, -0.2) is 33.8 Å². The number of benzene rings is 1. The van der Waals surface area contributed by atoms with E-state index in [4.69, 9.17) is 16.3 Å². The van der Waals surface area contributed by atoms with Crippen molar-refractivity contribution < 1.29 is 4.74 Å². The highest BCUT2D eigenvalue weighted by Crippen LogP contribution is 2.29. The van der Waals surface area contributed by atoms with E-state index in [2.05, 4.69) is 17.3 Å². The molecule has 1 N–H and O–H groups in total. The number of halogens is 1. The molecule has 1 aromatic carbocycles. The molecular formula is C12H17ClN2O. The van der Waals surface area contributed by atoms with Gasteiger partial charge in [0.25, 0.3) is 0 Å². The summed E-state index contributed by atoms with van der Waals surface area (Å²) in [5.74, 6) is 1.54. The lowest BCUT2D eigenvalue weighted by Crippen LogP contribution is -2.47. The molecule has 2 rings (SSSR count). The molecular weight excluding hydrogens is 224 g/mol. The molecule has 1 fully saturated rings. The maximum Gasteiger partial charge on any atom is 0.120 e. The second-order valence-corrected chi connectivity index (χ2v) is 4.63. The topological polar surface area (TPSA) is 24.5 Å².